The van der Waals surface area contributed by atoms with E-state index in [1.807, 2.05) is 6.07 Å². The lowest BCUT2D eigenvalue weighted by molar-refractivity contribution is 0.0318. The van der Waals surface area contributed by atoms with E-state index < -0.39 is 12.1 Å². The molecule has 0 saturated carbocycles. The molecular formula is C19H20O6. The number of carbonyl (C=O) groups excluding carboxylic acids is 2. The van der Waals surface area contributed by atoms with Gasteiger partial charge in [0.25, 0.3) is 0 Å². The van der Waals surface area contributed by atoms with Crippen molar-refractivity contribution in [3.05, 3.63) is 53.6 Å². The van der Waals surface area contributed by atoms with Crippen molar-refractivity contribution >= 4 is 11.8 Å². The van der Waals surface area contributed by atoms with Crippen LogP contribution in [0.5, 0.6) is 17.2 Å². The van der Waals surface area contributed by atoms with E-state index in [-0.39, 0.29) is 11.3 Å². The standard InChI is InChI=1S/C19H20O6/c1-12(17(20)13-8-6-5-7-9-13)25-19(21)14-10-15(22-2)18(24-4)16(11-14)23-3/h5-12H,1-4H3/t12-/m1/s1. The Morgan fingerprint density at radius 3 is 1.88 bits per heavy atom. The summed E-state index contributed by atoms with van der Waals surface area (Å²) in [6.45, 7) is 1.53. The molecule has 0 N–H and O–H groups in total. The van der Waals surface area contributed by atoms with Crippen LogP contribution in [0.15, 0.2) is 42.5 Å². The Hall–Kier alpha value is -3.02. The van der Waals surface area contributed by atoms with Gasteiger partial charge in [0.2, 0.25) is 11.5 Å². The minimum absolute atomic E-state index is 0.196. The van der Waals surface area contributed by atoms with Crippen LogP contribution in [0.4, 0.5) is 0 Å². The van der Waals surface area contributed by atoms with Gasteiger partial charge < -0.3 is 18.9 Å². The molecule has 0 aliphatic carbocycles. The van der Waals surface area contributed by atoms with Crippen LogP contribution in [-0.2, 0) is 4.74 Å². The number of ether oxygens (including phenoxy) is 4. The Labute approximate surface area is 146 Å². The molecule has 1 atom stereocenters. The third-order valence-corrected chi connectivity index (χ3v) is 3.61. The molecule has 0 unspecified atom stereocenters. The lowest BCUT2D eigenvalue weighted by atomic mass is 10.1. The second-order valence-electron chi connectivity index (χ2n) is 5.19. The highest BCUT2D eigenvalue weighted by Crippen LogP contribution is 2.38. The van der Waals surface area contributed by atoms with E-state index in [0.29, 0.717) is 22.8 Å². The normalized spacial score (nSPS) is 11.4. The lowest BCUT2D eigenvalue weighted by Crippen LogP contribution is -2.24. The molecule has 0 bridgehead atoms. The van der Waals surface area contributed by atoms with Crippen LogP contribution in [0, 0.1) is 0 Å². The Morgan fingerprint density at radius 1 is 0.840 bits per heavy atom. The monoisotopic (exact) mass is 344 g/mol. The molecule has 2 rings (SSSR count). The highest BCUT2D eigenvalue weighted by molar-refractivity contribution is 6.01. The fourth-order valence-electron chi connectivity index (χ4n) is 2.32. The average Bonchev–Trinajstić information content (AvgIpc) is 2.66. The van der Waals surface area contributed by atoms with E-state index in [2.05, 4.69) is 0 Å². The molecule has 0 amide bonds. The smallest absolute Gasteiger partial charge is 0.339 e. The van der Waals surface area contributed by atoms with Gasteiger partial charge >= 0.3 is 5.97 Å². The van der Waals surface area contributed by atoms with Crippen molar-refractivity contribution in [3.8, 4) is 17.2 Å². The van der Waals surface area contributed by atoms with Crippen LogP contribution in [0.3, 0.4) is 0 Å². The van der Waals surface area contributed by atoms with Crippen LogP contribution >= 0.6 is 0 Å². The highest BCUT2D eigenvalue weighted by Gasteiger charge is 2.23. The SMILES string of the molecule is COc1cc(C(=O)O[C@H](C)C(=O)c2ccccc2)cc(OC)c1OC. The van der Waals surface area contributed by atoms with Crippen molar-refractivity contribution in [2.45, 2.75) is 13.0 Å². The summed E-state index contributed by atoms with van der Waals surface area (Å²) in [5, 5.41) is 0. The van der Waals surface area contributed by atoms with Crippen molar-refractivity contribution in [2.75, 3.05) is 21.3 Å². The van der Waals surface area contributed by atoms with Crippen molar-refractivity contribution in [1.29, 1.82) is 0 Å². The van der Waals surface area contributed by atoms with Gasteiger partial charge in [-0.3, -0.25) is 4.79 Å². The Kier molecular flexibility index (Phi) is 6.00. The first-order chi connectivity index (χ1) is 12.0. The minimum atomic E-state index is -0.922. The summed E-state index contributed by atoms with van der Waals surface area (Å²) in [5.74, 6) is 0.0964. The molecule has 0 spiro atoms. The molecule has 0 radical (unpaired) electrons. The van der Waals surface area contributed by atoms with Gasteiger partial charge in [-0.05, 0) is 19.1 Å². The van der Waals surface area contributed by atoms with E-state index in [0.717, 1.165) is 0 Å². The molecule has 6 heteroatoms. The Balaban J connectivity index is 2.21. The van der Waals surface area contributed by atoms with Gasteiger partial charge in [0.1, 0.15) is 0 Å². The first-order valence-corrected chi connectivity index (χ1v) is 7.62. The number of methoxy groups -OCH3 is 3. The summed E-state index contributed by atoms with van der Waals surface area (Å²) in [4.78, 5) is 24.7. The zero-order valence-electron chi connectivity index (χ0n) is 14.6. The second-order valence-corrected chi connectivity index (χ2v) is 5.19. The van der Waals surface area contributed by atoms with E-state index in [1.54, 1.807) is 24.3 Å². The van der Waals surface area contributed by atoms with Gasteiger partial charge in [0.15, 0.2) is 17.6 Å². The molecule has 0 saturated heterocycles. The van der Waals surface area contributed by atoms with Gasteiger partial charge in [-0.15, -0.1) is 0 Å². The first kappa shape index (κ1) is 18.3. The van der Waals surface area contributed by atoms with Crippen molar-refractivity contribution < 1.29 is 28.5 Å². The molecule has 0 aliphatic rings. The van der Waals surface area contributed by atoms with Gasteiger partial charge in [0.05, 0.1) is 26.9 Å². The lowest BCUT2D eigenvalue weighted by Gasteiger charge is -2.15. The van der Waals surface area contributed by atoms with Gasteiger partial charge in [-0.25, -0.2) is 4.79 Å². The largest absolute Gasteiger partial charge is 0.493 e. The third-order valence-electron chi connectivity index (χ3n) is 3.61. The molecule has 0 fully saturated rings. The fourth-order valence-corrected chi connectivity index (χ4v) is 2.32. The van der Waals surface area contributed by atoms with E-state index >= 15 is 0 Å². The summed E-state index contributed by atoms with van der Waals surface area (Å²) in [6, 6.07) is 11.6. The Bertz CT molecular complexity index is 729. The van der Waals surface area contributed by atoms with Gasteiger partial charge in [-0.1, -0.05) is 30.3 Å². The quantitative estimate of drug-likeness (QED) is 0.568. The molecule has 6 nitrogen and oxygen atoms in total. The number of hydrogen-bond acceptors (Lipinski definition) is 6. The summed E-state index contributed by atoms with van der Waals surface area (Å²) in [7, 11) is 4.38. The molecule has 25 heavy (non-hydrogen) atoms. The number of Topliss-reactive ketones (excluding diaryl/α,β-unsaturated/α-hetero) is 1. The first-order valence-electron chi connectivity index (χ1n) is 7.62. The van der Waals surface area contributed by atoms with E-state index in [9.17, 15) is 9.59 Å². The predicted molar refractivity (Wildman–Crippen MR) is 91.7 cm³/mol. The molecule has 2 aromatic carbocycles. The molecule has 0 heterocycles. The van der Waals surface area contributed by atoms with Crippen molar-refractivity contribution in [1.82, 2.24) is 0 Å². The van der Waals surface area contributed by atoms with E-state index in [1.165, 1.54) is 40.4 Å². The topological polar surface area (TPSA) is 71.1 Å². The Morgan fingerprint density at radius 2 is 1.40 bits per heavy atom. The molecule has 2 aromatic rings. The number of carbonyl (C=O) groups is 2. The summed E-state index contributed by atoms with van der Waals surface area (Å²) in [6.07, 6.45) is -0.922. The third kappa shape index (κ3) is 4.09. The van der Waals surface area contributed by atoms with Crippen LogP contribution in [0.25, 0.3) is 0 Å². The van der Waals surface area contributed by atoms with Crippen LogP contribution in [0.1, 0.15) is 27.6 Å². The summed E-state index contributed by atoms with van der Waals surface area (Å²) in [5.41, 5.74) is 0.676. The minimum Gasteiger partial charge on any atom is -0.493 e. The number of benzene rings is 2. The summed E-state index contributed by atoms with van der Waals surface area (Å²) < 4.78 is 20.9. The molecular weight excluding hydrogens is 324 g/mol. The molecule has 0 aromatic heterocycles. The maximum atomic E-state index is 12.4. The van der Waals surface area contributed by atoms with Gasteiger partial charge in [-0.2, -0.15) is 0 Å². The zero-order chi connectivity index (χ0) is 18.4. The predicted octanol–water partition coefficient (Wildman–Crippen LogP) is 3.14. The van der Waals surface area contributed by atoms with Crippen LogP contribution in [-0.4, -0.2) is 39.2 Å². The number of esters is 1. The number of rotatable bonds is 7. The van der Waals surface area contributed by atoms with Crippen molar-refractivity contribution in [3.63, 3.8) is 0 Å². The molecule has 132 valence electrons. The maximum Gasteiger partial charge on any atom is 0.339 e. The fraction of sp³-hybridized carbons (Fsp3) is 0.263. The maximum absolute atomic E-state index is 12.4. The molecule has 0 aliphatic heterocycles. The van der Waals surface area contributed by atoms with E-state index in [4.69, 9.17) is 18.9 Å². The number of hydrogen-bond donors (Lipinski definition) is 0. The number of ketones is 1. The van der Waals surface area contributed by atoms with Crippen molar-refractivity contribution in [2.24, 2.45) is 0 Å². The zero-order valence-corrected chi connectivity index (χ0v) is 14.6. The highest BCUT2D eigenvalue weighted by atomic mass is 16.5. The summed E-state index contributed by atoms with van der Waals surface area (Å²) >= 11 is 0. The van der Waals surface area contributed by atoms with Crippen LogP contribution in [0.2, 0.25) is 0 Å². The van der Waals surface area contributed by atoms with Gasteiger partial charge in [0, 0.05) is 5.56 Å². The van der Waals surface area contributed by atoms with Crippen LogP contribution < -0.4 is 14.2 Å². The second kappa shape index (κ2) is 8.19. The average molecular weight is 344 g/mol.